The summed E-state index contributed by atoms with van der Waals surface area (Å²) in [6.07, 6.45) is 0. The molecule has 4 rings (SSSR count). The molecule has 0 N–H and O–H groups in total. The van der Waals surface area contributed by atoms with E-state index < -0.39 is 0 Å². The number of rotatable bonds is 8. The van der Waals surface area contributed by atoms with E-state index in [1.165, 1.54) is 30.5 Å². The monoisotopic (exact) mass is 448 g/mol. The van der Waals surface area contributed by atoms with Crippen molar-refractivity contribution in [3.8, 4) is 11.5 Å². The van der Waals surface area contributed by atoms with Crippen LogP contribution in [-0.4, -0.2) is 37.5 Å². The summed E-state index contributed by atoms with van der Waals surface area (Å²) in [6, 6.07) is 18.7. The first-order valence-corrected chi connectivity index (χ1v) is 11.1. The van der Waals surface area contributed by atoms with Crippen LogP contribution in [0.2, 0.25) is 0 Å². The third-order valence-corrected chi connectivity index (χ3v) is 6.22. The molecule has 1 aliphatic heterocycles. The lowest BCUT2D eigenvalue weighted by Gasteiger charge is -2.25. The lowest BCUT2D eigenvalue weighted by molar-refractivity contribution is -0.120. The summed E-state index contributed by atoms with van der Waals surface area (Å²) in [5.41, 5.74) is 2.31. The Labute approximate surface area is 191 Å². The Morgan fingerprint density at radius 2 is 1.59 bits per heavy atom. The molecule has 0 aliphatic carbocycles. The van der Waals surface area contributed by atoms with Gasteiger partial charge in [0.05, 0.1) is 25.5 Å². The zero-order valence-corrected chi connectivity index (χ0v) is 19.0. The first kappa shape index (κ1) is 21.6. The van der Waals surface area contributed by atoms with E-state index in [1.807, 2.05) is 59.7 Å². The number of ether oxygens (including phenoxy) is 2. The molecule has 0 atom stereocenters. The molecule has 7 heteroatoms. The Morgan fingerprint density at radius 1 is 0.906 bits per heavy atom. The molecule has 2 aromatic carbocycles. The fourth-order valence-corrected chi connectivity index (χ4v) is 4.53. The Morgan fingerprint density at radius 3 is 2.16 bits per heavy atom. The average Bonchev–Trinajstić information content (AvgIpc) is 3.43. The summed E-state index contributed by atoms with van der Waals surface area (Å²) < 4.78 is 10.7. The SMILES string of the molecule is CCN(Cc1ccccc1)C1=C(c2cccs2)C(=O)N(c2cc(OC)cc(OC)c2)C1=O. The largest absolute Gasteiger partial charge is 0.497 e. The predicted molar refractivity (Wildman–Crippen MR) is 126 cm³/mol. The Balaban J connectivity index is 1.81. The topological polar surface area (TPSA) is 59.1 Å². The lowest BCUT2D eigenvalue weighted by atomic mass is 10.1. The van der Waals surface area contributed by atoms with Gasteiger partial charge in [-0.3, -0.25) is 9.59 Å². The van der Waals surface area contributed by atoms with Crippen LogP contribution in [0.25, 0.3) is 5.57 Å². The molecule has 0 spiro atoms. The van der Waals surface area contributed by atoms with E-state index in [1.54, 1.807) is 18.2 Å². The van der Waals surface area contributed by atoms with Crippen LogP contribution in [0.15, 0.2) is 71.7 Å². The van der Waals surface area contributed by atoms with Crippen LogP contribution >= 0.6 is 11.3 Å². The zero-order valence-electron chi connectivity index (χ0n) is 18.2. The zero-order chi connectivity index (χ0) is 22.7. The number of methoxy groups -OCH3 is 2. The van der Waals surface area contributed by atoms with E-state index in [4.69, 9.17) is 9.47 Å². The minimum atomic E-state index is -0.355. The molecule has 1 aromatic heterocycles. The maximum absolute atomic E-state index is 13.7. The summed E-state index contributed by atoms with van der Waals surface area (Å²) in [5, 5.41) is 1.91. The molecule has 0 bridgehead atoms. The van der Waals surface area contributed by atoms with Crippen molar-refractivity contribution < 1.29 is 19.1 Å². The molecule has 164 valence electrons. The molecular weight excluding hydrogens is 424 g/mol. The number of hydrogen-bond donors (Lipinski definition) is 0. The van der Waals surface area contributed by atoms with E-state index in [-0.39, 0.29) is 11.8 Å². The van der Waals surface area contributed by atoms with Gasteiger partial charge in [-0.2, -0.15) is 0 Å². The van der Waals surface area contributed by atoms with Crippen LogP contribution in [0.5, 0.6) is 11.5 Å². The standard InChI is InChI=1S/C25H24N2O4S/c1-4-26(16-17-9-6-5-7-10-17)23-22(21-11-8-12-32-21)24(28)27(25(23)29)18-13-19(30-2)15-20(14-18)31-3/h5-15H,4,16H2,1-3H3. The molecule has 0 saturated carbocycles. The van der Waals surface area contributed by atoms with Crippen molar-refractivity contribution in [2.45, 2.75) is 13.5 Å². The molecule has 2 amide bonds. The number of likely N-dealkylation sites (N-methyl/N-ethyl adjacent to an activating group) is 1. The van der Waals surface area contributed by atoms with E-state index in [0.29, 0.717) is 41.5 Å². The lowest BCUT2D eigenvalue weighted by Crippen LogP contribution is -2.35. The van der Waals surface area contributed by atoms with Crippen molar-refractivity contribution in [1.29, 1.82) is 0 Å². The van der Waals surface area contributed by atoms with Gasteiger partial charge in [-0.1, -0.05) is 36.4 Å². The number of imide groups is 1. The van der Waals surface area contributed by atoms with Gasteiger partial charge in [0, 0.05) is 36.2 Å². The van der Waals surface area contributed by atoms with Crippen LogP contribution in [0.4, 0.5) is 5.69 Å². The Hall–Kier alpha value is -3.58. The van der Waals surface area contributed by atoms with Crippen molar-refractivity contribution in [2.24, 2.45) is 0 Å². The molecule has 32 heavy (non-hydrogen) atoms. The number of carbonyl (C=O) groups excluding carboxylic acids is 2. The van der Waals surface area contributed by atoms with Crippen molar-refractivity contribution in [1.82, 2.24) is 4.90 Å². The van der Waals surface area contributed by atoms with E-state index in [9.17, 15) is 9.59 Å². The van der Waals surface area contributed by atoms with Gasteiger partial charge in [-0.05, 0) is 23.9 Å². The summed E-state index contributed by atoms with van der Waals surface area (Å²) in [5.74, 6) is 0.297. The quantitative estimate of drug-likeness (QED) is 0.473. The maximum atomic E-state index is 13.7. The second-order valence-corrected chi connectivity index (χ2v) is 8.16. The first-order chi connectivity index (χ1) is 15.6. The number of hydrogen-bond acceptors (Lipinski definition) is 6. The van der Waals surface area contributed by atoms with Crippen LogP contribution in [0.3, 0.4) is 0 Å². The van der Waals surface area contributed by atoms with Crippen LogP contribution in [0.1, 0.15) is 17.4 Å². The normalized spacial score (nSPS) is 13.7. The number of carbonyl (C=O) groups is 2. The highest BCUT2D eigenvalue weighted by Crippen LogP contribution is 2.39. The van der Waals surface area contributed by atoms with Crippen LogP contribution < -0.4 is 14.4 Å². The minimum absolute atomic E-state index is 0.353. The Kier molecular flexibility index (Phi) is 6.28. The molecule has 6 nitrogen and oxygen atoms in total. The van der Waals surface area contributed by atoms with Gasteiger partial charge in [0.25, 0.3) is 11.8 Å². The Bertz CT molecular complexity index is 1130. The summed E-state index contributed by atoms with van der Waals surface area (Å²) in [4.78, 5) is 31.3. The number of benzene rings is 2. The van der Waals surface area contributed by atoms with Gasteiger partial charge in [-0.15, -0.1) is 11.3 Å². The number of thiophene rings is 1. The second-order valence-electron chi connectivity index (χ2n) is 7.22. The van der Waals surface area contributed by atoms with Gasteiger partial charge in [-0.25, -0.2) is 4.90 Å². The highest BCUT2D eigenvalue weighted by atomic mass is 32.1. The fraction of sp³-hybridized carbons (Fsp3) is 0.200. The molecular formula is C25H24N2O4S. The highest BCUT2D eigenvalue weighted by molar-refractivity contribution is 7.11. The predicted octanol–water partition coefficient (Wildman–Crippen LogP) is 4.57. The second kappa shape index (κ2) is 9.28. The summed E-state index contributed by atoms with van der Waals surface area (Å²) in [7, 11) is 3.07. The van der Waals surface area contributed by atoms with Crippen molar-refractivity contribution in [3.05, 3.63) is 82.2 Å². The molecule has 0 fully saturated rings. The number of amides is 2. The van der Waals surface area contributed by atoms with E-state index in [0.717, 1.165) is 10.4 Å². The maximum Gasteiger partial charge on any atom is 0.282 e. The van der Waals surface area contributed by atoms with Crippen molar-refractivity contribution in [2.75, 3.05) is 25.7 Å². The first-order valence-electron chi connectivity index (χ1n) is 10.3. The van der Waals surface area contributed by atoms with Gasteiger partial charge in [0.15, 0.2) is 0 Å². The van der Waals surface area contributed by atoms with Gasteiger partial charge in [0.2, 0.25) is 0 Å². The third-order valence-electron chi connectivity index (χ3n) is 5.34. The number of nitrogens with zero attached hydrogens (tertiary/aromatic N) is 2. The van der Waals surface area contributed by atoms with E-state index in [2.05, 4.69) is 0 Å². The molecule has 2 heterocycles. The molecule has 0 unspecified atom stereocenters. The minimum Gasteiger partial charge on any atom is -0.497 e. The molecule has 3 aromatic rings. The smallest absolute Gasteiger partial charge is 0.282 e. The molecule has 0 saturated heterocycles. The van der Waals surface area contributed by atoms with Crippen molar-refractivity contribution in [3.63, 3.8) is 0 Å². The van der Waals surface area contributed by atoms with Gasteiger partial charge in [0.1, 0.15) is 17.2 Å². The van der Waals surface area contributed by atoms with Crippen molar-refractivity contribution >= 4 is 34.4 Å². The average molecular weight is 449 g/mol. The highest BCUT2D eigenvalue weighted by Gasteiger charge is 2.43. The fourth-order valence-electron chi connectivity index (χ4n) is 3.76. The van der Waals surface area contributed by atoms with E-state index >= 15 is 0 Å². The van der Waals surface area contributed by atoms with Crippen LogP contribution in [-0.2, 0) is 16.1 Å². The molecule has 1 aliphatic rings. The van der Waals surface area contributed by atoms with Crippen LogP contribution in [0, 0.1) is 0 Å². The number of anilines is 1. The van der Waals surface area contributed by atoms with Gasteiger partial charge < -0.3 is 14.4 Å². The molecule has 0 radical (unpaired) electrons. The van der Waals surface area contributed by atoms with Gasteiger partial charge >= 0.3 is 0 Å². The summed E-state index contributed by atoms with van der Waals surface area (Å²) >= 11 is 1.44. The third kappa shape index (κ3) is 3.99. The summed E-state index contributed by atoms with van der Waals surface area (Å²) in [6.45, 7) is 3.08.